The third kappa shape index (κ3) is 4.45. The molecule has 4 rings (SSSR count). The lowest BCUT2D eigenvalue weighted by atomic mass is 9.88. The first kappa shape index (κ1) is 22.2. The Balaban J connectivity index is 1.54. The lowest BCUT2D eigenvalue weighted by Gasteiger charge is -2.40. The summed E-state index contributed by atoms with van der Waals surface area (Å²) in [6, 6.07) is 16.5. The quantitative estimate of drug-likeness (QED) is 0.674. The lowest BCUT2D eigenvalue weighted by Crippen LogP contribution is -2.48. The second-order valence-corrected chi connectivity index (χ2v) is 9.61. The predicted molar refractivity (Wildman–Crippen MR) is 123 cm³/mol. The molecule has 2 aliphatic rings. The monoisotopic (exact) mass is 436 g/mol. The second kappa shape index (κ2) is 8.85. The Bertz CT molecular complexity index is 944. The van der Waals surface area contributed by atoms with Gasteiger partial charge in [-0.25, -0.2) is 9.59 Å². The molecule has 0 aliphatic heterocycles. The van der Waals surface area contributed by atoms with Gasteiger partial charge in [0.1, 0.15) is 5.60 Å². The van der Waals surface area contributed by atoms with Crippen molar-refractivity contribution < 1.29 is 19.1 Å². The summed E-state index contributed by atoms with van der Waals surface area (Å²) < 4.78 is 10.6. The Morgan fingerprint density at radius 3 is 1.94 bits per heavy atom. The minimum Gasteiger partial charge on any atom is -0.453 e. The average Bonchev–Trinajstić information content (AvgIpc) is 3.08. The van der Waals surface area contributed by atoms with E-state index in [9.17, 15) is 9.59 Å². The number of carbonyl (C=O) groups is 2. The van der Waals surface area contributed by atoms with Crippen LogP contribution >= 0.6 is 0 Å². The number of nitrogens with one attached hydrogen (secondary N) is 1. The highest BCUT2D eigenvalue weighted by atomic mass is 16.6. The fourth-order valence-corrected chi connectivity index (χ4v) is 4.97. The Hall–Kier alpha value is -3.02. The summed E-state index contributed by atoms with van der Waals surface area (Å²) >= 11 is 0. The summed E-state index contributed by atoms with van der Waals surface area (Å²) in [6.45, 7) is 5.57. The van der Waals surface area contributed by atoms with E-state index in [0.29, 0.717) is 0 Å². The summed E-state index contributed by atoms with van der Waals surface area (Å²) in [4.78, 5) is 27.1. The van der Waals surface area contributed by atoms with Crippen molar-refractivity contribution in [2.45, 2.75) is 70.2 Å². The minimum absolute atomic E-state index is 0.0309. The standard InChI is InChI=1S/C26H32N2O4/c1-26(2,3)32-24(29)27-17-13-15-18(16-14-17)28(25(30)31-4)23-21-11-7-5-9-19(21)20-10-6-8-12-22(20)23/h5-12,17-18,23H,13-16H2,1-4H3,(H,27,29)/t17-,18+. The molecule has 1 N–H and O–H groups in total. The number of hydrogen-bond acceptors (Lipinski definition) is 4. The van der Waals surface area contributed by atoms with Crippen molar-refractivity contribution in [2.24, 2.45) is 0 Å². The number of nitrogens with zero attached hydrogens (tertiary/aromatic N) is 1. The molecule has 2 amide bonds. The molecule has 0 heterocycles. The van der Waals surface area contributed by atoms with E-state index in [1.165, 1.54) is 18.2 Å². The molecule has 0 bridgehead atoms. The molecule has 6 heteroatoms. The van der Waals surface area contributed by atoms with Gasteiger partial charge in [-0.05, 0) is 68.7 Å². The van der Waals surface area contributed by atoms with Crippen LogP contribution in [0.3, 0.4) is 0 Å². The smallest absolute Gasteiger partial charge is 0.410 e. The molecule has 32 heavy (non-hydrogen) atoms. The van der Waals surface area contributed by atoms with Gasteiger partial charge in [-0.2, -0.15) is 0 Å². The molecule has 2 aliphatic carbocycles. The van der Waals surface area contributed by atoms with Crippen molar-refractivity contribution >= 4 is 12.2 Å². The van der Waals surface area contributed by atoms with Crippen LogP contribution < -0.4 is 5.32 Å². The van der Waals surface area contributed by atoms with Gasteiger partial charge < -0.3 is 14.8 Å². The van der Waals surface area contributed by atoms with Crippen LogP contribution in [-0.4, -0.2) is 41.9 Å². The van der Waals surface area contributed by atoms with Crippen LogP contribution in [0.25, 0.3) is 11.1 Å². The first-order chi connectivity index (χ1) is 15.3. The number of hydrogen-bond donors (Lipinski definition) is 1. The molecule has 1 saturated carbocycles. The molecular weight excluding hydrogens is 404 g/mol. The van der Waals surface area contributed by atoms with E-state index in [4.69, 9.17) is 9.47 Å². The predicted octanol–water partition coefficient (Wildman–Crippen LogP) is 5.66. The van der Waals surface area contributed by atoms with Gasteiger partial charge in [0.15, 0.2) is 0 Å². The molecule has 0 atom stereocenters. The maximum atomic E-state index is 13.0. The summed E-state index contributed by atoms with van der Waals surface area (Å²) in [6.07, 6.45) is 2.45. The fourth-order valence-electron chi connectivity index (χ4n) is 4.97. The molecule has 2 aromatic rings. The maximum Gasteiger partial charge on any atom is 0.410 e. The number of amides is 2. The average molecular weight is 437 g/mol. The first-order valence-corrected chi connectivity index (χ1v) is 11.3. The van der Waals surface area contributed by atoms with Gasteiger partial charge in [-0.1, -0.05) is 48.5 Å². The van der Waals surface area contributed by atoms with E-state index in [2.05, 4.69) is 29.6 Å². The molecule has 6 nitrogen and oxygen atoms in total. The van der Waals surface area contributed by atoms with E-state index in [1.807, 2.05) is 49.9 Å². The zero-order chi connectivity index (χ0) is 22.9. The largest absolute Gasteiger partial charge is 0.453 e. The maximum absolute atomic E-state index is 13.0. The van der Waals surface area contributed by atoms with Gasteiger partial charge in [0.2, 0.25) is 0 Å². The van der Waals surface area contributed by atoms with Gasteiger partial charge in [0.25, 0.3) is 0 Å². The van der Waals surface area contributed by atoms with Gasteiger partial charge in [0.05, 0.1) is 13.2 Å². The van der Waals surface area contributed by atoms with Gasteiger partial charge >= 0.3 is 12.2 Å². The van der Waals surface area contributed by atoms with E-state index >= 15 is 0 Å². The molecule has 2 aromatic carbocycles. The number of benzene rings is 2. The first-order valence-electron chi connectivity index (χ1n) is 11.3. The zero-order valence-corrected chi connectivity index (χ0v) is 19.3. The third-order valence-corrected chi connectivity index (χ3v) is 6.28. The van der Waals surface area contributed by atoms with Crippen LogP contribution in [-0.2, 0) is 9.47 Å². The zero-order valence-electron chi connectivity index (χ0n) is 19.3. The van der Waals surface area contributed by atoms with Crippen molar-refractivity contribution in [3.63, 3.8) is 0 Å². The van der Waals surface area contributed by atoms with Crippen molar-refractivity contribution in [2.75, 3.05) is 7.11 Å². The van der Waals surface area contributed by atoms with Crippen molar-refractivity contribution in [3.8, 4) is 11.1 Å². The molecule has 0 unspecified atom stereocenters. The Morgan fingerprint density at radius 2 is 1.44 bits per heavy atom. The van der Waals surface area contributed by atoms with E-state index in [0.717, 1.165) is 36.8 Å². The van der Waals surface area contributed by atoms with Crippen molar-refractivity contribution in [1.82, 2.24) is 10.2 Å². The molecular formula is C26H32N2O4. The Morgan fingerprint density at radius 1 is 0.906 bits per heavy atom. The number of ether oxygens (including phenoxy) is 2. The second-order valence-electron chi connectivity index (χ2n) is 9.61. The van der Waals surface area contributed by atoms with Crippen LogP contribution in [0.5, 0.6) is 0 Å². The van der Waals surface area contributed by atoms with E-state index in [-0.39, 0.29) is 30.3 Å². The summed E-state index contributed by atoms with van der Waals surface area (Å²) in [5.74, 6) is 0. The summed E-state index contributed by atoms with van der Waals surface area (Å²) in [5.41, 5.74) is 4.08. The SMILES string of the molecule is COC(=O)N(C1c2ccccc2-c2ccccc21)[C@H]1CC[C@@H](NC(=O)OC(C)(C)C)CC1. The van der Waals surface area contributed by atoms with Crippen molar-refractivity contribution in [3.05, 3.63) is 59.7 Å². The highest BCUT2D eigenvalue weighted by molar-refractivity contribution is 5.81. The fraction of sp³-hybridized carbons (Fsp3) is 0.462. The third-order valence-electron chi connectivity index (χ3n) is 6.28. The van der Waals surface area contributed by atoms with Crippen molar-refractivity contribution in [1.29, 1.82) is 0 Å². The lowest BCUT2D eigenvalue weighted by molar-refractivity contribution is 0.0457. The Kier molecular flexibility index (Phi) is 6.13. The summed E-state index contributed by atoms with van der Waals surface area (Å²) in [7, 11) is 1.44. The van der Waals surface area contributed by atoms with E-state index < -0.39 is 5.60 Å². The van der Waals surface area contributed by atoms with Crippen LogP contribution in [0, 0.1) is 0 Å². The number of fused-ring (bicyclic) bond motifs is 3. The topological polar surface area (TPSA) is 67.9 Å². The van der Waals surface area contributed by atoms with Gasteiger partial charge in [-0.3, -0.25) is 4.90 Å². The Labute approximate surface area is 189 Å². The number of rotatable bonds is 3. The van der Waals surface area contributed by atoms with Crippen LogP contribution in [0.1, 0.15) is 63.6 Å². The highest BCUT2D eigenvalue weighted by Gasteiger charge is 2.40. The summed E-state index contributed by atoms with van der Waals surface area (Å²) in [5, 5.41) is 2.98. The molecule has 170 valence electrons. The number of alkyl carbamates (subject to hydrolysis) is 1. The highest BCUT2D eigenvalue weighted by Crippen LogP contribution is 2.48. The number of carbonyl (C=O) groups excluding carboxylic acids is 2. The molecule has 0 radical (unpaired) electrons. The molecule has 0 spiro atoms. The van der Waals surface area contributed by atoms with Crippen LogP contribution in [0.4, 0.5) is 9.59 Å². The minimum atomic E-state index is -0.522. The molecule has 0 aromatic heterocycles. The van der Waals surface area contributed by atoms with Crippen LogP contribution in [0.2, 0.25) is 0 Å². The normalized spacial score (nSPS) is 20.1. The van der Waals surface area contributed by atoms with Crippen LogP contribution in [0.15, 0.2) is 48.5 Å². The molecule has 0 saturated heterocycles. The van der Waals surface area contributed by atoms with Gasteiger partial charge in [0, 0.05) is 12.1 Å². The van der Waals surface area contributed by atoms with Gasteiger partial charge in [-0.15, -0.1) is 0 Å². The van der Waals surface area contributed by atoms with E-state index in [1.54, 1.807) is 0 Å². The number of methoxy groups -OCH3 is 1. The molecule has 1 fully saturated rings.